The monoisotopic (exact) mass is 302 g/mol. The molecule has 0 saturated carbocycles. The molecule has 116 valence electrons. The van der Waals surface area contributed by atoms with Crippen molar-refractivity contribution in [3.63, 3.8) is 0 Å². The Morgan fingerprint density at radius 1 is 1.27 bits per heavy atom. The Hall–Kier alpha value is -2.37. The minimum Gasteiger partial charge on any atom is -0.339 e. The molecule has 1 aromatic carbocycles. The summed E-state index contributed by atoms with van der Waals surface area (Å²) in [6, 6.07) is 8.97. The van der Waals surface area contributed by atoms with Crippen molar-refractivity contribution in [1.29, 1.82) is 0 Å². The number of nitrogens with one attached hydrogen (secondary N) is 1. The fourth-order valence-corrected chi connectivity index (χ4v) is 3.38. The van der Waals surface area contributed by atoms with Crippen molar-refractivity contribution in [2.24, 2.45) is 0 Å². The molecule has 0 aliphatic carbocycles. The van der Waals surface area contributed by atoms with Gasteiger partial charge in [0.1, 0.15) is 5.54 Å². The molecule has 3 heterocycles. The van der Waals surface area contributed by atoms with E-state index in [2.05, 4.69) is 5.32 Å². The lowest BCUT2D eigenvalue weighted by atomic mass is 9.69. The SMILES string of the molecule is CCC12CCC(c3ccccc3)(C(=O)N1)N(OC(C)=O)C2=O. The zero-order valence-electron chi connectivity index (χ0n) is 12.6. The standard InChI is InChI=1S/C16H18N2O4/c1-3-15-9-10-16(13(20)17-15,12-7-5-4-6-8-12)18(14(15)21)22-11(2)19/h4-8H,3,9-10H2,1-2H3,(H,17,20). The first-order valence-corrected chi connectivity index (χ1v) is 7.37. The molecule has 0 spiro atoms. The number of benzene rings is 1. The molecule has 22 heavy (non-hydrogen) atoms. The second-order valence-electron chi connectivity index (χ2n) is 5.80. The minimum atomic E-state index is -1.28. The number of hydrogen-bond acceptors (Lipinski definition) is 4. The van der Waals surface area contributed by atoms with Crippen molar-refractivity contribution >= 4 is 17.8 Å². The zero-order chi connectivity index (χ0) is 16.0. The Labute approximate surface area is 128 Å². The second kappa shape index (κ2) is 4.83. The van der Waals surface area contributed by atoms with Gasteiger partial charge in [-0.15, -0.1) is 5.06 Å². The highest BCUT2D eigenvalue weighted by Crippen LogP contribution is 2.47. The average molecular weight is 302 g/mol. The van der Waals surface area contributed by atoms with Gasteiger partial charge in [0.2, 0.25) is 0 Å². The topological polar surface area (TPSA) is 75.7 Å². The number of amides is 2. The number of fused-ring (bicyclic) bond motifs is 3. The van der Waals surface area contributed by atoms with Crippen LogP contribution in [0.1, 0.15) is 38.7 Å². The van der Waals surface area contributed by atoms with Gasteiger partial charge in [-0.25, -0.2) is 0 Å². The molecule has 4 rings (SSSR count). The first kappa shape index (κ1) is 14.6. The van der Waals surface area contributed by atoms with Crippen LogP contribution in [0, 0.1) is 0 Å². The number of hydroxylamine groups is 2. The van der Waals surface area contributed by atoms with E-state index >= 15 is 0 Å². The van der Waals surface area contributed by atoms with Gasteiger partial charge in [-0.3, -0.25) is 14.4 Å². The molecular formula is C16H18N2O4. The van der Waals surface area contributed by atoms with Crippen LogP contribution < -0.4 is 5.32 Å². The summed E-state index contributed by atoms with van der Waals surface area (Å²) in [5.74, 6) is -1.28. The predicted octanol–water partition coefficient (Wildman–Crippen LogP) is 1.26. The fraction of sp³-hybridized carbons (Fsp3) is 0.438. The van der Waals surface area contributed by atoms with Crippen LogP contribution in [-0.4, -0.2) is 28.4 Å². The third kappa shape index (κ3) is 1.76. The summed E-state index contributed by atoms with van der Waals surface area (Å²) in [6.45, 7) is 3.07. The smallest absolute Gasteiger partial charge is 0.329 e. The van der Waals surface area contributed by atoms with E-state index in [9.17, 15) is 14.4 Å². The van der Waals surface area contributed by atoms with Gasteiger partial charge in [-0.1, -0.05) is 37.3 Å². The molecule has 1 aromatic rings. The van der Waals surface area contributed by atoms with Gasteiger partial charge < -0.3 is 10.2 Å². The number of rotatable bonds is 3. The van der Waals surface area contributed by atoms with Gasteiger partial charge in [0.05, 0.1) is 0 Å². The third-order valence-corrected chi connectivity index (χ3v) is 4.66. The highest BCUT2D eigenvalue weighted by Gasteiger charge is 2.65. The van der Waals surface area contributed by atoms with Crippen LogP contribution in [0.5, 0.6) is 0 Å². The number of piperidine rings is 2. The first-order valence-electron chi connectivity index (χ1n) is 7.37. The van der Waals surface area contributed by atoms with E-state index in [0.29, 0.717) is 24.8 Å². The molecule has 0 radical (unpaired) electrons. The van der Waals surface area contributed by atoms with Crippen LogP contribution in [-0.2, 0) is 24.8 Å². The first-order chi connectivity index (χ1) is 10.5. The summed E-state index contributed by atoms with van der Waals surface area (Å²) < 4.78 is 0. The van der Waals surface area contributed by atoms with E-state index in [0.717, 1.165) is 5.06 Å². The van der Waals surface area contributed by atoms with Gasteiger partial charge in [0, 0.05) is 6.92 Å². The van der Waals surface area contributed by atoms with Crippen LogP contribution in [0.4, 0.5) is 0 Å². The Morgan fingerprint density at radius 2 is 1.95 bits per heavy atom. The highest BCUT2D eigenvalue weighted by atomic mass is 16.7. The average Bonchev–Trinajstić information content (AvgIpc) is 2.52. The van der Waals surface area contributed by atoms with E-state index in [-0.39, 0.29) is 11.8 Å². The minimum absolute atomic E-state index is 0.298. The van der Waals surface area contributed by atoms with Crippen molar-refractivity contribution < 1.29 is 19.2 Å². The van der Waals surface area contributed by atoms with E-state index in [1.165, 1.54) is 6.92 Å². The van der Waals surface area contributed by atoms with Gasteiger partial charge in [-0.05, 0) is 24.8 Å². The lowest BCUT2D eigenvalue weighted by molar-refractivity contribution is -0.245. The predicted molar refractivity (Wildman–Crippen MR) is 77.1 cm³/mol. The van der Waals surface area contributed by atoms with Crippen molar-refractivity contribution in [3.8, 4) is 0 Å². The Bertz CT molecular complexity index is 645. The Morgan fingerprint density at radius 3 is 2.50 bits per heavy atom. The molecule has 0 aromatic heterocycles. The maximum absolute atomic E-state index is 12.8. The van der Waals surface area contributed by atoms with E-state index in [4.69, 9.17) is 4.84 Å². The molecule has 3 saturated heterocycles. The summed E-state index contributed by atoms with van der Waals surface area (Å²) >= 11 is 0. The largest absolute Gasteiger partial charge is 0.339 e. The van der Waals surface area contributed by atoms with Gasteiger partial charge >= 0.3 is 5.97 Å². The quantitative estimate of drug-likeness (QED) is 0.912. The fourth-order valence-electron chi connectivity index (χ4n) is 3.38. The number of piperazine rings is 1. The number of nitrogens with zero attached hydrogens (tertiary/aromatic N) is 1. The lowest BCUT2D eigenvalue weighted by Crippen LogP contribution is -2.78. The van der Waals surface area contributed by atoms with Crippen LogP contribution in [0.2, 0.25) is 0 Å². The number of carbonyl (C=O) groups excluding carboxylic acids is 3. The van der Waals surface area contributed by atoms with E-state index < -0.39 is 17.0 Å². The Balaban J connectivity index is 2.16. The van der Waals surface area contributed by atoms with Crippen LogP contribution >= 0.6 is 0 Å². The molecule has 2 amide bonds. The molecule has 2 atom stereocenters. The van der Waals surface area contributed by atoms with Crippen molar-refractivity contribution in [2.45, 2.75) is 44.2 Å². The number of hydrogen-bond donors (Lipinski definition) is 1. The molecule has 3 aliphatic heterocycles. The highest BCUT2D eigenvalue weighted by molar-refractivity contribution is 6.04. The molecule has 2 unspecified atom stereocenters. The summed E-state index contributed by atoms with van der Waals surface area (Å²) in [4.78, 5) is 42.3. The zero-order valence-corrected chi connectivity index (χ0v) is 12.6. The number of carbonyl (C=O) groups is 3. The molecule has 2 bridgehead atoms. The van der Waals surface area contributed by atoms with Crippen LogP contribution in [0.25, 0.3) is 0 Å². The van der Waals surface area contributed by atoms with E-state index in [1.54, 1.807) is 24.3 Å². The van der Waals surface area contributed by atoms with Gasteiger partial charge in [0.15, 0.2) is 5.54 Å². The van der Waals surface area contributed by atoms with Gasteiger partial charge in [0.25, 0.3) is 11.8 Å². The molecule has 6 nitrogen and oxygen atoms in total. The summed E-state index contributed by atoms with van der Waals surface area (Å²) in [6.07, 6.45) is 1.41. The van der Waals surface area contributed by atoms with Crippen molar-refractivity contribution in [2.75, 3.05) is 0 Å². The van der Waals surface area contributed by atoms with Gasteiger partial charge in [-0.2, -0.15) is 0 Å². The summed E-state index contributed by atoms with van der Waals surface area (Å²) in [5, 5.41) is 3.85. The molecule has 3 fully saturated rings. The second-order valence-corrected chi connectivity index (χ2v) is 5.80. The van der Waals surface area contributed by atoms with Crippen LogP contribution in [0.15, 0.2) is 30.3 Å². The lowest BCUT2D eigenvalue weighted by Gasteiger charge is -2.55. The van der Waals surface area contributed by atoms with E-state index in [1.807, 2.05) is 13.0 Å². The molecule has 1 N–H and O–H groups in total. The third-order valence-electron chi connectivity index (χ3n) is 4.66. The summed E-state index contributed by atoms with van der Waals surface area (Å²) in [7, 11) is 0. The molecule has 3 aliphatic rings. The van der Waals surface area contributed by atoms with Crippen molar-refractivity contribution in [1.82, 2.24) is 10.4 Å². The maximum atomic E-state index is 12.8. The molecule has 6 heteroatoms. The maximum Gasteiger partial charge on any atom is 0.329 e. The molecular weight excluding hydrogens is 284 g/mol. The summed E-state index contributed by atoms with van der Waals surface area (Å²) in [5.41, 5.74) is -1.60. The normalized spacial score (nSPS) is 30.2. The Kier molecular flexibility index (Phi) is 3.20. The van der Waals surface area contributed by atoms with Crippen molar-refractivity contribution in [3.05, 3.63) is 35.9 Å². The van der Waals surface area contributed by atoms with Crippen LogP contribution in [0.3, 0.4) is 0 Å².